The summed E-state index contributed by atoms with van der Waals surface area (Å²) in [5.74, 6) is 1.59. The van der Waals surface area contributed by atoms with Crippen LogP contribution in [-0.2, 0) is 14.3 Å². The molecule has 8 heteroatoms. The van der Waals surface area contributed by atoms with Crippen LogP contribution < -0.4 is 24.3 Å². The van der Waals surface area contributed by atoms with Crippen LogP contribution in [-0.4, -0.2) is 38.9 Å². The fraction of sp³-hybridized carbons (Fsp3) is 0.273. The van der Waals surface area contributed by atoms with Crippen molar-refractivity contribution in [2.45, 2.75) is 31.6 Å². The fourth-order valence-corrected chi connectivity index (χ4v) is 5.74. The lowest BCUT2D eigenvalue weighted by Crippen LogP contribution is -2.36. The zero-order chi connectivity index (χ0) is 28.3. The van der Waals surface area contributed by atoms with Gasteiger partial charge >= 0.3 is 5.97 Å². The van der Waals surface area contributed by atoms with E-state index in [0.29, 0.717) is 46.9 Å². The van der Waals surface area contributed by atoms with E-state index in [-0.39, 0.29) is 31.7 Å². The molecule has 210 valence electrons. The number of methoxy groups -OCH3 is 1. The van der Waals surface area contributed by atoms with Crippen LogP contribution in [0.5, 0.6) is 23.0 Å². The fourth-order valence-electron chi connectivity index (χ4n) is 5.74. The number of hydrogen-bond donors (Lipinski definition) is 1. The number of carbonyl (C=O) groups excluding carboxylic acids is 2. The van der Waals surface area contributed by atoms with Crippen molar-refractivity contribution in [2.75, 3.05) is 27.1 Å². The predicted molar refractivity (Wildman–Crippen MR) is 151 cm³/mol. The Bertz CT molecular complexity index is 1520. The van der Waals surface area contributed by atoms with Gasteiger partial charge in [-0.3, -0.25) is 4.79 Å². The lowest BCUT2D eigenvalue weighted by Gasteiger charge is -2.36. The summed E-state index contributed by atoms with van der Waals surface area (Å²) >= 11 is 0. The lowest BCUT2D eigenvalue weighted by atomic mass is 9.71. The van der Waals surface area contributed by atoms with E-state index >= 15 is 0 Å². The van der Waals surface area contributed by atoms with Gasteiger partial charge in [-0.05, 0) is 66.8 Å². The maximum atomic E-state index is 13.9. The van der Waals surface area contributed by atoms with E-state index in [2.05, 4.69) is 5.32 Å². The first-order valence-corrected chi connectivity index (χ1v) is 13.6. The van der Waals surface area contributed by atoms with Crippen LogP contribution in [0.4, 0.5) is 0 Å². The molecule has 0 fully saturated rings. The zero-order valence-corrected chi connectivity index (χ0v) is 23.0. The molecule has 2 aliphatic heterocycles. The number of esters is 1. The first-order valence-electron chi connectivity index (χ1n) is 13.6. The standard InChI is InChI=1S/C33H31NO7/c1-20-30(33(36)39-15-14-38-25-6-4-3-5-7-25)31(22-10-13-28-29(18-22)41-19-40-28)32-26(34-20)16-23(17-27(32)35)21-8-11-24(37-2)12-9-21/h3-13,18,23,31,34H,14-17,19H2,1-2H3. The van der Waals surface area contributed by atoms with Gasteiger partial charge in [0.05, 0.1) is 12.7 Å². The summed E-state index contributed by atoms with van der Waals surface area (Å²) in [5, 5.41) is 3.40. The van der Waals surface area contributed by atoms with Gasteiger partial charge < -0.3 is 29.0 Å². The minimum atomic E-state index is -0.604. The number of Topliss-reactive ketones (excluding diaryl/α,β-unsaturated/α-hetero) is 1. The minimum absolute atomic E-state index is 0.00699. The predicted octanol–water partition coefficient (Wildman–Crippen LogP) is 5.41. The smallest absolute Gasteiger partial charge is 0.336 e. The van der Waals surface area contributed by atoms with Gasteiger partial charge in [0.2, 0.25) is 6.79 Å². The quantitative estimate of drug-likeness (QED) is 0.293. The van der Waals surface area contributed by atoms with Gasteiger partial charge in [0, 0.05) is 29.3 Å². The van der Waals surface area contributed by atoms with Gasteiger partial charge in [0.25, 0.3) is 0 Å². The van der Waals surface area contributed by atoms with Crippen LogP contribution in [0.3, 0.4) is 0 Å². The summed E-state index contributed by atoms with van der Waals surface area (Å²) in [6.45, 7) is 2.26. The van der Waals surface area contributed by atoms with Crippen molar-refractivity contribution in [3.63, 3.8) is 0 Å². The number of ketones is 1. The number of rotatable bonds is 8. The molecule has 6 rings (SSSR count). The van der Waals surface area contributed by atoms with Crippen molar-refractivity contribution in [3.05, 3.63) is 106 Å². The molecule has 2 atom stereocenters. The van der Waals surface area contributed by atoms with E-state index in [1.807, 2.05) is 79.7 Å². The maximum Gasteiger partial charge on any atom is 0.336 e. The van der Waals surface area contributed by atoms with E-state index in [1.54, 1.807) is 7.11 Å². The summed E-state index contributed by atoms with van der Waals surface area (Å²) < 4.78 is 27.8. The Labute approximate surface area is 238 Å². The van der Waals surface area contributed by atoms with Crippen molar-refractivity contribution < 1.29 is 33.3 Å². The SMILES string of the molecule is COc1ccc(C2CC(=O)C3=C(C2)NC(C)=C(C(=O)OCCOc2ccccc2)C3c2ccc3c(c2)OCO3)cc1. The summed E-state index contributed by atoms with van der Waals surface area (Å²) in [4.78, 5) is 27.5. The number of nitrogens with one attached hydrogen (secondary N) is 1. The Morgan fingerprint density at radius 3 is 2.44 bits per heavy atom. The average molecular weight is 554 g/mol. The Hall–Kier alpha value is -4.72. The molecule has 1 aliphatic carbocycles. The van der Waals surface area contributed by atoms with Crippen molar-refractivity contribution >= 4 is 11.8 Å². The van der Waals surface area contributed by atoms with Crippen molar-refractivity contribution in [2.24, 2.45) is 0 Å². The van der Waals surface area contributed by atoms with Crippen molar-refractivity contribution in [1.29, 1.82) is 0 Å². The van der Waals surface area contributed by atoms with E-state index < -0.39 is 11.9 Å². The number of benzene rings is 3. The number of para-hydroxylation sites is 1. The number of carbonyl (C=O) groups is 2. The summed E-state index contributed by atoms with van der Waals surface area (Å²) in [7, 11) is 1.63. The highest BCUT2D eigenvalue weighted by Gasteiger charge is 2.42. The average Bonchev–Trinajstić information content (AvgIpc) is 3.47. The van der Waals surface area contributed by atoms with Crippen molar-refractivity contribution in [1.82, 2.24) is 5.32 Å². The molecule has 0 amide bonds. The number of hydrogen-bond acceptors (Lipinski definition) is 8. The summed E-state index contributed by atoms with van der Waals surface area (Å²) in [5.41, 5.74) is 4.31. The van der Waals surface area contributed by atoms with E-state index in [1.165, 1.54) is 0 Å². The van der Waals surface area contributed by atoms with Crippen LogP contribution in [0, 0.1) is 0 Å². The molecule has 41 heavy (non-hydrogen) atoms. The molecule has 3 aromatic carbocycles. The van der Waals surface area contributed by atoms with Crippen LogP contribution >= 0.6 is 0 Å². The second-order valence-corrected chi connectivity index (χ2v) is 10.2. The Kier molecular flexibility index (Phi) is 7.37. The van der Waals surface area contributed by atoms with E-state index in [0.717, 1.165) is 22.6 Å². The Balaban J connectivity index is 1.29. The normalized spacial score (nSPS) is 19.4. The molecule has 8 nitrogen and oxygen atoms in total. The third-order valence-corrected chi connectivity index (χ3v) is 7.69. The lowest BCUT2D eigenvalue weighted by molar-refractivity contribution is -0.140. The van der Waals surface area contributed by atoms with Crippen molar-refractivity contribution in [3.8, 4) is 23.0 Å². The zero-order valence-electron chi connectivity index (χ0n) is 23.0. The van der Waals surface area contributed by atoms with E-state index in [9.17, 15) is 9.59 Å². The Morgan fingerprint density at radius 2 is 1.66 bits per heavy atom. The largest absolute Gasteiger partial charge is 0.497 e. The second kappa shape index (κ2) is 11.4. The third-order valence-electron chi connectivity index (χ3n) is 7.69. The van der Waals surface area contributed by atoms with Crippen LogP contribution in [0.15, 0.2) is 95.3 Å². The molecule has 0 saturated heterocycles. The maximum absolute atomic E-state index is 13.9. The molecular weight excluding hydrogens is 522 g/mol. The van der Waals surface area contributed by atoms with Gasteiger partial charge in [-0.1, -0.05) is 36.4 Å². The molecule has 2 unspecified atom stereocenters. The monoisotopic (exact) mass is 553 g/mol. The first kappa shape index (κ1) is 26.5. The molecule has 3 aliphatic rings. The topological polar surface area (TPSA) is 92.3 Å². The molecule has 0 bridgehead atoms. The molecule has 0 aromatic heterocycles. The van der Waals surface area contributed by atoms with Gasteiger partial charge in [0.1, 0.15) is 24.7 Å². The van der Waals surface area contributed by atoms with Crippen LogP contribution in [0.2, 0.25) is 0 Å². The number of ether oxygens (including phenoxy) is 5. The second-order valence-electron chi connectivity index (χ2n) is 10.2. The van der Waals surface area contributed by atoms with Gasteiger partial charge in [0.15, 0.2) is 17.3 Å². The Morgan fingerprint density at radius 1 is 0.902 bits per heavy atom. The molecule has 0 radical (unpaired) electrons. The minimum Gasteiger partial charge on any atom is -0.497 e. The van der Waals surface area contributed by atoms with E-state index in [4.69, 9.17) is 23.7 Å². The van der Waals surface area contributed by atoms with Gasteiger partial charge in [-0.25, -0.2) is 4.79 Å². The van der Waals surface area contributed by atoms with Gasteiger partial charge in [-0.2, -0.15) is 0 Å². The summed E-state index contributed by atoms with van der Waals surface area (Å²) in [6.07, 6.45) is 0.971. The third kappa shape index (κ3) is 5.37. The number of allylic oxidation sites excluding steroid dienone is 3. The highest BCUT2D eigenvalue weighted by molar-refractivity contribution is 6.04. The molecule has 0 spiro atoms. The highest BCUT2D eigenvalue weighted by Crippen LogP contribution is 2.47. The molecular formula is C33H31NO7. The van der Waals surface area contributed by atoms with Gasteiger partial charge in [-0.15, -0.1) is 0 Å². The molecule has 2 heterocycles. The molecule has 1 N–H and O–H groups in total. The number of fused-ring (bicyclic) bond motifs is 1. The van der Waals surface area contributed by atoms with Crippen LogP contribution in [0.1, 0.15) is 42.7 Å². The highest BCUT2D eigenvalue weighted by atomic mass is 16.7. The molecule has 0 saturated carbocycles. The molecule has 3 aromatic rings. The van der Waals surface area contributed by atoms with Crippen LogP contribution in [0.25, 0.3) is 0 Å². The first-order chi connectivity index (χ1) is 20.0. The summed E-state index contributed by atoms with van der Waals surface area (Å²) in [6, 6.07) is 22.7. The number of dihydropyridines is 1.